The van der Waals surface area contributed by atoms with Gasteiger partial charge in [-0.1, -0.05) is 45.0 Å². The maximum Gasteiger partial charge on any atom is 0.0886 e. The third-order valence-corrected chi connectivity index (χ3v) is 5.57. The van der Waals surface area contributed by atoms with Gasteiger partial charge in [0, 0.05) is 26.2 Å². The Kier molecular flexibility index (Phi) is 2.62. The van der Waals surface area contributed by atoms with Gasteiger partial charge >= 0.3 is 0 Å². The summed E-state index contributed by atoms with van der Waals surface area (Å²) in [5.41, 5.74) is 3.98. The van der Waals surface area contributed by atoms with E-state index in [1.807, 2.05) is 0 Å². The van der Waals surface area contributed by atoms with Crippen LogP contribution in [0.2, 0.25) is 0 Å². The third-order valence-electron chi connectivity index (χ3n) is 5.57. The summed E-state index contributed by atoms with van der Waals surface area (Å²) >= 11 is 0. The summed E-state index contributed by atoms with van der Waals surface area (Å²) in [4.78, 5) is 5.47. The molecule has 4 heterocycles. The Hall–Kier alpha value is -0.860. The second-order valence-corrected chi connectivity index (χ2v) is 8.08. The van der Waals surface area contributed by atoms with E-state index in [1.54, 1.807) is 0 Å². The summed E-state index contributed by atoms with van der Waals surface area (Å²) in [7, 11) is 0. The molecule has 108 valence electrons. The van der Waals surface area contributed by atoms with Gasteiger partial charge in [0.05, 0.1) is 6.17 Å². The normalized spacial score (nSPS) is 45.9. The Morgan fingerprint density at radius 3 is 1.90 bits per heavy atom. The standard InChI is InChI=1S/C18H26N2/c1-4-14-5-7-15(8-6-14)16-19-10-17(2)9-18(3,12-19)13-20(16)11-17/h5-8,16H,4,9-13H2,1-3H3. The molecule has 20 heavy (non-hydrogen) atoms. The Morgan fingerprint density at radius 2 is 1.45 bits per heavy atom. The minimum atomic E-state index is 0.519. The number of rotatable bonds is 2. The van der Waals surface area contributed by atoms with E-state index in [9.17, 15) is 0 Å². The highest BCUT2D eigenvalue weighted by Crippen LogP contribution is 2.54. The number of piperidine rings is 2. The first kappa shape index (κ1) is 12.8. The molecule has 2 heteroatoms. The van der Waals surface area contributed by atoms with Gasteiger partial charge in [0.1, 0.15) is 0 Å². The van der Waals surface area contributed by atoms with Crippen molar-refractivity contribution in [2.24, 2.45) is 10.8 Å². The molecule has 0 spiro atoms. The molecule has 0 unspecified atom stereocenters. The van der Waals surface area contributed by atoms with Gasteiger partial charge in [-0.2, -0.15) is 0 Å². The Bertz CT molecular complexity index is 483. The Labute approximate surface area is 122 Å². The van der Waals surface area contributed by atoms with Crippen molar-refractivity contribution < 1.29 is 0 Å². The lowest BCUT2D eigenvalue weighted by molar-refractivity contribution is -0.194. The second kappa shape index (κ2) is 4.08. The van der Waals surface area contributed by atoms with Gasteiger partial charge in [0.15, 0.2) is 0 Å². The highest BCUT2D eigenvalue weighted by atomic mass is 15.4. The predicted octanol–water partition coefficient (Wildman–Crippen LogP) is 3.30. The zero-order valence-corrected chi connectivity index (χ0v) is 13.0. The van der Waals surface area contributed by atoms with Crippen molar-refractivity contribution in [3.05, 3.63) is 35.4 Å². The van der Waals surface area contributed by atoms with Gasteiger partial charge in [-0.3, -0.25) is 9.80 Å². The molecule has 0 N–H and O–H groups in total. The van der Waals surface area contributed by atoms with Crippen LogP contribution in [-0.2, 0) is 6.42 Å². The average molecular weight is 270 g/mol. The van der Waals surface area contributed by atoms with Crippen LogP contribution in [0.3, 0.4) is 0 Å². The Morgan fingerprint density at radius 1 is 0.950 bits per heavy atom. The Balaban J connectivity index is 1.67. The quantitative estimate of drug-likeness (QED) is 0.813. The summed E-state index contributed by atoms with van der Waals surface area (Å²) in [6.45, 7) is 12.3. The van der Waals surface area contributed by atoms with Crippen LogP contribution in [0.15, 0.2) is 24.3 Å². The van der Waals surface area contributed by atoms with Crippen molar-refractivity contribution in [2.45, 2.75) is 39.8 Å². The highest BCUT2D eigenvalue weighted by Gasteiger charge is 2.56. The van der Waals surface area contributed by atoms with Crippen LogP contribution in [0.1, 0.15) is 44.5 Å². The van der Waals surface area contributed by atoms with Gasteiger partial charge in [0.25, 0.3) is 0 Å². The number of hydrogen-bond donors (Lipinski definition) is 0. The van der Waals surface area contributed by atoms with Crippen molar-refractivity contribution in [1.29, 1.82) is 0 Å². The summed E-state index contributed by atoms with van der Waals surface area (Å²) < 4.78 is 0. The summed E-state index contributed by atoms with van der Waals surface area (Å²) in [5.74, 6) is 0. The van der Waals surface area contributed by atoms with Crippen LogP contribution in [0.4, 0.5) is 0 Å². The van der Waals surface area contributed by atoms with Crippen molar-refractivity contribution in [3.8, 4) is 0 Å². The molecule has 0 aromatic heterocycles. The van der Waals surface area contributed by atoms with Crippen LogP contribution in [0.5, 0.6) is 0 Å². The summed E-state index contributed by atoms with van der Waals surface area (Å²) in [5, 5.41) is 0. The molecule has 0 saturated carbocycles. The topological polar surface area (TPSA) is 6.48 Å². The van der Waals surface area contributed by atoms with Gasteiger partial charge in [-0.15, -0.1) is 0 Å². The first-order valence-corrected chi connectivity index (χ1v) is 8.07. The number of aryl methyl sites for hydroxylation is 1. The minimum Gasteiger partial charge on any atom is -0.283 e. The van der Waals surface area contributed by atoms with Gasteiger partial charge in [0.2, 0.25) is 0 Å². The molecule has 0 atom stereocenters. The molecule has 4 saturated heterocycles. The molecule has 4 aliphatic rings. The summed E-state index contributed by atoms with van der Waals surface area (Å²) in [6, 6.07) is 9.34. The number of nitrogens with zero attached hydrogens (tertiary/aromatic N) is 2. The van der Waals surface area contributed by atoms with Crippen molar-refractivity contribution in [2.75, 3.05) is 26.2 Å². The van der Waals surface area contributed by atoms with E-state index in [4.69, 9.17) is 0 Å². The summed E-state index contributed by atoms with van der Waals surface area (Å²) in [6.07, 6.45) is 3.07. The monoisotopic (exact) mass is 270 g/mol. The second-order valence-electron chi connectivity index (χ2n) is 8.08. The van der Waals surface area contributed by atoms with Crippen molar-refractivity contribution in [1.82, 2.24) is 9.80 Å². The molecular formula is C18H26N2. The molecule has 0 radical (unpaired) electrons. The first-order chi connectivity index (χ1) is 9.50. The molecule has 0 amide bonds. The minimum absolute atomic E-state index is 0.519. The SMILES string of the molecule is CCc1ccc(C2N3CC4(C)CN2CC(C)(C3)C4)cc1. The van der Waals surface area contributed by atoms with Crippen LogP contribution in [0, 0.1) is 10.8 Å². The maximum absolute atomic E-state index is 2.73. The molecule has 1 aromatic carbocycles. The van der Waals surface area contributed by atoms with E-state index >= 15 is 0 Å². The van der Waals surface area contributed by atoms with Crippen LogP contribution in [-0.4, -0.2) is 36.0 Å². The fourth-order valence-electron chi connectivity index (χ4n) is 5.35. The lowest BCUT2D eigenvalue weighted by atomic mass is 9.63. The van der Waals surface area contributed by atoms with Crippen molar-refractivity contribution >= 4 is 0 Å². The van der Waals surface area contributed by atoms with Crippen LogP contribution < -0.4 is 0 Å². The molecule has 4 bridgehead atoms. The van der Waals surface area contributed by atoms with Gasteiger partial charge < -0.3 is 0 Å². The zero-order valence-electron chi connectivity index (χ0n) is 13.0. The fourth-order valence-corrected chi connectivity index (χ4v) is 5.35. The van der Waals surface area contributed by atoms with E-state index in [2.05, 4.69) is 54.8 Å². The van der Waals surface area contributed by atoms with Crippen LogP contribution in [0.25, 0.3) is 0 Å². The molecular weight excluding hydrogens is 244 g/mol. The average Bonchev–Trinajstić information content (AvgIpc) is 2.35. The molecule has 5 rings (SSSR count). The largest absolute Gasteiger partial charge is 0.283 e. The molecule has 0 aliphatic carbocycles. The molecule has 4 aliphatic heterocycles. The van der Waals surface area contributed by atoms with E-state index in [0.717, 1.165) is 6.42 Å². The lowest BCUT2D eigenvalue weighted by Crippen LogP contribution is -2.70. The molecule has 2 nitrogen and oxygen atoms in total. The van der Waals surface area contributed by atoms with E-state index in [-0.39, 0.29) is 0 Å². The van der Waals surface area contributed by atoms with Gasteiger partial charge in [-0.05, 0) is 34.8 Å². The number of benzene rings is 1. The number of hydrogen-bond acceptors (Lipinski definition) is 2. The lowest BCUT2D eigenvalue weighted by Gasteiger charge is -2.66. The third kappa shape index (κ3) is 1.85. The maximum atomic E-state index is 2.73. The van der Waals surface area contributed by atoms with Gasteiger partial charge in [-0.25, -0.2) is 0 Å². The first-order valence-electron chi connectivity index (χ1n) is 8.07. The van der Waals surface area contributed by atoms with E-state index in [1.165, 1.54) is 43.7 Å². The smallest absolute Gasteiger partial charge is 0.0886 e. The zero-order chi connectivity index (χ0) is 14.0. The van der Waals surface area contributed by atoms with E-state index in [0.29, 0.717) is 17.0 Å². The molecule has 4 fully saturated rings. The fraction of sp³-hybridized carbons (Fsp3) is 0.667. The van der Waals surface area contributed by atoms with Crippen molar-refractivity contribution in [3.63, 3.8) is 0 Å². The molecule has 1 aromatic rings. The predicted molar refractivity (Wildman–Crippen MR) is 82.5 cm³/mol. The highest BCUT2D eigenvalue weighted by molar-refractivity contribution is 5.27. The van der Waals surface area contributed by atoms with E-state index < -0.39 is 0 Å². The van der Waals surface area contributed by atoms with Crippen LogP contribution >= 0.6 is 0 Å².